The molecule has 154 valence electrons. The van der Waals surface area contributed by atoms with Crippen molar-refractivity contribution in [2.45, 2.75) is 23.2 Å². The lowest BCUT2D eigenvalue weighted by atomic mass is 10.1. The molecular weight excluding hydrogens is 421 g/mol. The van der Waals surface area contributed by atoms with Crippen LogP contribution in [-0.4, -0.2) is 43.2 Å². The van der Waals surface area contributed by atoms with Gasteiger partial charge in [0.25, 0.3) is 0 Å². The Kier molecular flexibility index (Phi) is 7.18. The minimum absolute atomic E-state index is 0.340. The van der Waals surface area contributed by atoms with Crippen molar-refractivity contribution in [2.75, 3.05) is 18.6 Å². The highest BCUT2D eigenvalue weighted by Crippen LogP contribution is 2.34. The Morgan fingerprint density at radius 1 is 1.07 bits per heavy atom. The maximum absolute atomic E-state index is 11.3. The van der Waals surface area contributed by atoms with Gasteiger partial charge in [0.05, 0.1) is 7.11 Å². The summed E-state index contributed by atoms with van der Waals surface area (Å²) >= 11 is 0. The first kappa shape index (κ1) is 22.3. The third kappa shape index (κ3) is 5.52. The third-order valence-corrected chi connectivity index (χ3v) is 6.94. The zero-order valence-electron chi connectivity index (χ0n) is 14.7. The quantitative estimate of drug-likeness (QED) is 0.233. The summed E-state index contributed by atoms with van der Waals surface area (Å²) < 4.78 is 68.7. The van der Waals surface area contributed by atoms with Gasteiger partial charge in [0.15, 0.2) is 15.0 Å². The van der Waals surface area contributed by atoms with Gasteiger partial charge >= 0.3 is 11.7 Å². The minimum Gasteiger partial charge on any atom is -0.741 e. The summed E-state index contributed by atoms with van der Waals surface area (Å²) in [6.45, 7) is 0. The summed E-state index contributed by atoms with van der Waals surface area (Å²) in [4.78, 5) is 12.7. The lowest BCUT2D eigenvalue weighted by molar-refractivity contribution is -0.0517. The van der Waals surface area contributed by atoms with Gasteiger partial charge in [0.2, 0.25) is 0 Å². The third-order valence-electron chi connectivity index (χ3n) is 3.83. The molecule has 1 aliphatic heterocycles. The van der Waals surface area contributed by atoms with Gasteiger partial charge in [0, 0.05) is 21.7 Å². The molecule has 0 amide bonds. The Hall–Kier alpha value is -1.98. The molecule has 6 nitrogen and oxygen atoms in total. The van der Waals surface area contributed by atoms with Crippen LogP contribution in [0.25, 0.3) is 10.8 Å². The van der Waals surface area contributed by atoms with Gasteiger partial charge in [0.1, 0.15) is 17.3 Å². The van der Waals surface area contributed by atoms with Gasteiger partial charge in [-0.3, -0.25) is 0 Å². The molecule has 0 saturated carbocycles. The van der Waals surface area contributed by atoms with Gasteiger partial charge in [-0.1, -0.05) is 18.2 Å². The second-order valence-electron chi connectivity index (χ2n) is 5.67. The van der Waals surface area contributed by atoms with E-state index in [9.17, 15) is 18.0 Å². The highest BCUT2D eigenvalue weighted by Gasteiger charge is 2.37. The topological polar surface area (TPSA) is 92.7 Å². The second-order valence-corrected chi connectivity index (χ2v) is 9.28. The van der Waals surface area contributed by atoms with Gasteiger partial charge in [-0.15, -0.1) is 0 Å². The number of fused-ring (bicyclic) bond motifs is 1. The van der Waals surface area contributed by atoms with Crippen LogP contribution in [0.2, 0.25) is 0 Å². The predicted octanol–water partition coefficient (Wildman–Crippen LogP) is 3.81. The molecule has 2 aromatic carbocycles. The van der Waals surface area contributed by atoms with Crippen molar-refractivity contribution in [1.29, 1.82) is 0 Å². The molecule has 1 aliphatic rings. The lowest BCUT2D eigenvalue weighted by Crippen LogP contribution is -2.21. The number of hydrogen-bond acceptors (Lipinski definition) is 6. The van der Waals surface area contributed by atoms with Crippen molar-refractivity contribution in [3.63, 3.8) is 0 Å². The molecule has 0 radical (unpaired) electrons. The average molecular weight is 438 g/mol. The fourth-order valence-corrected chi connectivity index (χ4v) is 5.11. The number of carbonyl (C=O) groups is 1. The monoisotopic (exact) mass is 438 g/mol. The Morgan fingerprint density at radius 2 is 1.61 bits per heavy atom. The zero-order chi connectivity index (χ0) is 20.9. The number of rotatable bonds is 2. The van der Waals surface area contributed by atoms with Crippen LogP contribution in [-0.2, 0) is 25.7 Å². The van der Waals surface area contributed by atoms with Crippen molar-refractivity contribution >= 4 is 37.9 Å². The van der Waals surface area contributed by atoms with Gasteiger partial charge in [-0.2, -0.15) is 13.2 Å². The van der Waals surface area contributed by atoms with E-state index in [1.807, 2.05) is 18.2 Å². The van der Waals surface area contributed by atoms with Crippen molar-refractivity contribution in [3.05, 3.63) is 36.4 Å². The smallest absolute Gasteiger partial charge is 0.513 e. The molecule has 0 bridgehead atoms. The van der Waals surface area contributed by atoms with E-state index in [4.69, 9.17) is 17.7 Å². The van der Waals surface area contributed by atoms with E-state index in [0.29, 0.717) is 16.6 Å². The summed E-state index contributed by atoms with van der Waals surface area (Å²) in [5.74, 6) is 3.13. The van der Waals surface area contributed by atoms with Crippen LogP contribution < -0.4 is 4.74 Å². The van der Waals surface area contributed by atoms with Gasteiger partial charge in [-0.05, 0) is 31.0 Å². The summed E-state index contributed by atoms with van der Waals surface area (Å²) in [6, 6.07) is 12.1. The number of ether oxygens (including phenoxy) is 2. The molecule has 0 atom stereocenters. The lowest BCUT2D eigenvalue weighted by Gasteiger charge is -2.09. The van der Waals surface area contributed by atoms with Gasteiger partial charge in [-0.25, -0.2) is 13.2 Å². The molecule has 0 unspecified atom stereocenters. The van der Waals surface area contributed by atoms with Crippen LogP contribution in [0.4, 0.5) is 18.0 Å². The first-order valence-electron chi connectivity index (χ1n) is 8.02. The number of methoxy groups -OCH3 is 1. The van der Waals surface area contributed by atoms with Crippen LogP contribution in [0.5, 0.6) is 5.75 Å². The van der Waals surface area contributed by atoms with E-state index < -0.39 is 21.8 Å². The molecule has 0 aliphatic carbocycles. The van der Waals surface area contributed by atoms with Crippen LogP contribution in [0.3, 0.4) is 0 Å². The van der Waals surface area contributed by atoms with E-state index in [0.717, 1.165) is 5.39 Å². The van der Waals surface area contributed by atoms with E-state index in [1.54, 1.807) is 6.07 Å². The van der Waals surface area contributed by atoms with Crippen molar-refractivity contribution in [1.82, 2.24) is 0 Å². The number of hydrogen-bond donors (Lipinski definition) is 0. The molecule has 11 heteroatoms. The zero-order valence-corrected chi connectivity index (χ0v) is 16.3. The van der Waals surface area contributed by atoms with E-state index in [-0.39, 0.29) is 0 Å². The number of alkyl halides is 3. The number of benzene rings is 2. The number of carbonyl (C=O) groups excluding carboxylic acids is 1. The van der Waals surface area contributed by atoms with E-state index in [1.165, 1.54) is 41.7 Å². The highest BCUT2D eigenvalue weighted by molar-refractivity contribution is 7.97. The normalized spacial score (nSPS) is 15.0. The van der Waals surface area contributed by atoms with E-state index >= 15 is 0 Å². The Balaban J connectivity index is 0.000000300. The minimum atomic E-state index is -6.09. The SMILES string of the molecule is COC(=O)Oc1cccc2c([S+]3CCCC3)cccc12.O=S(=O)([O-])C(F)(F)F. The first-order chi connectivity index (χ1) is 13.0. The molecule has 1 heterocycles. The summed E-state index contributed by atoms with van der Waals surface area (Å²) in [7, 11) is -4.43. The Morgan fingerprint density at radius 3 is 2.14 bits per heavy atom. The fourth-order valence-electron chi connectivity index (χ4n) is 2.60. The Labute approximate surface area is 162 Å². The molecule has 1 fully saturated rings. The number of halogens is 3. The summed E-state index contributed by atoms with van der Waals surface area (Å²) in [5, 5.41) is 2.17. The largest absolute Gasteiger partial charge is 0.741 e. The van der Waals surface area contributed by atoms with Crippen LogP contribution >= 0.6 is 0 Å². The molecule has 2 aromatic rings. The molecule has 3 rings (SSSR count). The van der Waals surface area contributed by atoms with Crippen LogP contribution in [0.15, 0.2) is 41.3 Å². The highest BCUT2D eigenvalue weighted by atomic mass is 32.2. The fraction of sp³-hybridized carbons (Fsp3) is 0.353. The summed E-state index contributed by atoms with van der Waals surface area (Å²) in [5.41, 5.74) is -5.65. The predicted molar refractivity (Wildman–Crippen MR) is 97.3 cm³/mol. The molecule has 1 saturated heterocycles. The van der Waals surface area contributed by atoms with Crippen molar-refractivity contribution < 1.29 is 40.4 Å². The molecule has 28 heavy (non-hydrogen) atoms. The van der Waals surface area contributed by atoms with E-state index in [2.05, 4.69) is 16.9 Å². The second kappa shape index (κ2) is 9.01. The van der Waals surface area contributed by atoms with Crippen molar-refractivity contribution in [2.24, 2.45) is 0 Å². The molecule has 0 aromatic heterocycles. The average Bonchev–Trinajstić information content (AvgIpc) is 3.14. The molecular formula is C17H17F3O6S2. The first-order valence-corrected chi connectivity index (χ1v) is 11.0. The molecule has 0 spiro atoms. The maximum Gasteiger partial charge on any atom is 0.513 e. The Bertz CT molecular complexity index is 938. The van der Waals surface area contributed by atoms with Crippen LogP contribution in [0.1, 0.15) is 12.8 Å². The standard InChI is InChI=1S/C16H17O3S.CHF3O3S/c1-18-16(17)19-14-8-4-7-13-12(14)6-5-9-15(13)20-10-2-3-11-20;2-1(3,4)8(5,6)7/h4-9H,2-3,10-11H2,1H3;(H,5,6,7)/q+1;/p-1. The molecule has 0 N–H and O–H groups in total. The maximum atomic E-state index is 11.3. The van der Waals surface area contributed by atoms with Crippen LogP contribution in [0, 0.1) is 0 Å². The van der Waals surface area contributed by atoms with Crippen molar-refractivity contribution in [3.8, 4) is 5.75 Å². The van der Waals surface area contributed by atoms with Gasteiger partial charge < -0.3 is 14.0 Å². The summed E-state index contributed by atoms with van der Waals surface area (Å²) in [6.07, 6.45) is 1.96.